The first-order chi connectivity index (χ1) is 18.3. The lowest BCUT2D eigenvalue weighted by Crippen LogP contribution is -2.43. The summed E-state index contributed by atoms with van der Waals surface area (Å²) in [5, 5.41) is 4.37. The van der Waals surface area contributed by atoms with Crippen molar-refractivity contribution in [1.29, 1.82) is 0 Å². The van der Waals surface area contributed by atoms with Crippen LogP contribution in [0.15, 0.2) is 29.8 Å². The van der Waals surface area contributed by atoms with Crippen LogP contribution in [0.4, 0.5) is 38.0 Å². The second-order valence-corrected chi connectivity index (χ2v) is 10.1. The van der Waals surface area contributed by atoms with Gasteiger partial charge in [-0.2, -0.15) is 26.3 Å². The SMILES string of the molecule is COC(=O)c1csc(-c2nc(Nc3cc4c(cc3C3CC3)CN(C(=O)C(F)(F)F)CC4)ncc2C(F)(F)F)c1. The monoisotopic (exact) mass is 570 g/mol. The Balaban J connectivity index is 1.49. The lowest BCUT2D eigenvalue weighted by molar-refractivity contribution is -0.186. The minimum Gasteiger partial charge on any atom is -0.465 e. The van der Waals surface area contributed by atoms with Crippen LogP contribution in [-0.2, 0) is 28.7 Å². The molecule has 1 aliphatic heterocycles. The Bertz CT molecular complexity index is 1450. The maximum atomic E-state index is 13.8. The van der Waals surface area contributed by atoms with Gasteiger partial charge in [-0.15, -0.1) is 11.3 Å². The molecule has 39 heavy (non-hydrogen) atoms. The molecule has 1 aromatic carbocycles. The van der Waals surface area contributed by atoms with Crippen molar-refractivity contribution >= 4 is 34.8 Å². The summed E-state index contributed by atoms with van der Waals surface area (Å²) in [5.74, 6) is -2.59. The number of amides is 1. The van der Waals surface area contributed by atoms with Crippen molar-refractivity contribution in [2.75, 3.05) is 19.0 Å². The van der Waals surface area contributed by atoms with E-state index in [0.29, 0.717) is 17.4 Å². The average Bonchev–Trinajstić information content (AvgIpc) is 3.61. The van der Waals surface area contributed by atoms with Gasteiger partial charge in [0.1, 0.15) is 5.56 Å². The van der Waals surface area contributed by atoms with Gasteiger partial charge in [-0.3, -0.25) is 4.79 Å². The maximum absolute atomic E-state index is 13.8. The van der Waals surface area contributed by atoms with Gasteiger partial charge >= 0.3 is 24.2 Å². The predicted molar refractivity (Wildman–Crippen MR) is 129 cm³/mol. The van der Waals surface area contributed by atoms with E-state index in [1.165, 1.54) is 11.4 Å². The molecule has 0 unspecified atom stereocenters. The fraction of sp³-hybridized carbons (Fsp3) is 0.360. The van der Waals surface area contributed by atoms with E-state index in [-0.39, 0.29) is 41.8 Å². The number of anilines is 2. The first-order valence-corrected chi connectivity index (χ1v) is 12.6. The van der Waals surface area contributed by atoms with Gasteiger partial charge in [0.2, 0.25) is 5.95 Å². The number of hydrogen-bond acceptors (Lipinski definition) is 7. The van der Waals surface area contributed by atoms with E-state index in [1.54, 1.807) is 12.1 Å². The molecule has 2 aromatic heterocycles. The van der Waals surface area contributed by atoms with Crippen molar-refractivity contribution in [3.05, 3.63) is 57.6 Å². The number of aromatic nitrogens is 2. The molecule has 7 nitrogen and oxygen atoms in total. The molecule has 0 spiro atoms. The fourth-order valence-electron chi connectivity index (χ4n) is 4.46. The number of ether oxygens (including phenoxy) is 1. The van der Waals surface area contributed by atoms with Crippen LogP contribution in [0.25, 0.3) is 10.6 Å². The van der Waals surface area contributed by atoms with Gasteiger partial charge in [-0.05, 0) is 54.0 Å². The van der Waals surface area contributed by atoms with E-state index >= 15 is 0 Å². The summed E-state index contributed by atoms with van der Waals surface area (Å²) in [6.07, 6.45) is -7.20. The van der Waals surface area contributed by atoms with Crippen LogP contribution in [0.2, 0.25) is 0 Å². The lowest BCUT2D eigenvalue weighted by Gasteiger charge is -2.30. The zero-order valence-electron chi connectivity index (χ0n) is 20.2. The Labute approximate surface area is 221 Å². The topological polar surface area (TPSA) is 84.4 Å². The van der Waals surface area contributed by atoms with Crippen molar-refractivity contribution < 1.29 is 40.7 Å². The quantitative estimate of drug-likeness (QED) is 0.296. The predicted octanol–water partition coefficient (Wildman–Crippen LogP) is 6.08. The van der Waals surface area contributed by atoms with Gasteiger partial charge in [0.15, 0.2) is 0 Å². The van der Waals surface area contributed by atoms with Crippen LogP contribution in [0.5, 0.6) is 0 Å². The number of fused-ring (bicyclic) bond motifs is 1. The van der Waals surface area contributed by atoms with E-state index in [2.05, 4.69) is 20.0 Å². The summed E-state index contributed by atoms with van der Waals surface area (Å²) < 4.78 is 84.8. The van der Waals surface area contributed by atoms with E-state index in [0.717, 1.165) is 47.3 Å². The highest BCUT2D eigenvalue weighted by Crippen LogP contribution is 2.46. The van der Waals surface area contributed by atoms with Crippen molar-refractivity contribution in [2.45, 2.75) is 44.1 Å². The normalized spacial score (nSPS) is 15.6. The molecular weight excluding hydrogens is 550 g/mol. The minimum absolute atomic E-state index is 0.0856. The summed E-state index contributed by atoms with van der Waals surface area (Å²) in [6.45, 7) is -0.301. The van der Waals surface area contributed by atoms with Crippen LogP contribution >= 0.6 is 11.3 Å². The number of alkyl halides is 6. The Kier molecular flexibility index (Phi) is 6.77. The summed E-state index contributed by atoms with van der Waals surface area (Å²) >= 11 is 0.901. The Hall–Kier alpha value is -3.68. The number of carbonyl (C=O) groups excluding carboxylic acids is 2. The number of carbonyl (C=O) groups is 2. The zero-order chi connectivity index (χ0) is 28.1. The van der Waals surface area contributed by atoms with Crippen LogP contribution in [0.1, 0.15) is 51.4 Å². The second-order valence-electron chi connectivity index (χ2n) is 9.23. The highest BCUT2D eigenvalue weighted by Gasteiger charge is 2.43. The molecule has 0 saturated heterocycles. The van der Waals surface area contributed by atoms with Crippen molar-refractivity contribution in [1.82, 2.24) is 14.9 Å². The third-order valence-corrected chi connectivity index (χ3v) is 7.46. The minimum atomic E-state index is -4.96. The van der Waals surface area contributed by atoms with Crippen LogP contribution in [-0.4, -0.2) is 46.6 Å². The van der Waals surface area contributed by atoms with E-state index in [1.807, 2.05) is 0 Å². The van der Waals surface area contributed by atoms with E-state index < -0.39 is 35.5 Å². The number of benzene rings is 1. The second kappa shape index (κ2) is 9.81. The number of halogens is 6. The molecule has 0 bridgehead atoms. The summed E-state index contributed by atoms with van der Waals surface area (Å²) in [4.78, 5) is 32.4. The molecule has 1 N–H and O–H groups in total. The van der Waals surface area contributed by atoms with Gasteiger partial charge in [-0.25, -0.2) is 14.8 Å². The molecule has 1 fully saturated rings. The number of thiophene rings is 1. The van der Waals surface area contributed by atoms with Crippen LogP contribution in [0.3, 0.4) is 0 Å². The molecule has 1 amide bonds. The van der Waals surface area contributed by atoms with Gasteiger partial charge < -0.3 is 15.0 Å². The third kappa shape index (κ3) is 5.56. The molecule has 1 aliphatic carbocycles. The highest BCUT2D eigenvalue weighted by molar-refractivity contribution is 7.13. The first kappa shape index (κ1) is 26.9. The summed E-state index contributed by atoms with van der Waals surface area (Å²) in [5.41, 5.74) is 1.22. The molecule has 3 heterocycles. The summed E-state index contributed by atoms with van der Waals surface area (Å²) in [7, 11) is 1.16. The van der Waals surface area contributed by atoms with Gasteiger partial charge in [0, 0.05) is 30.4 Å². The van der Waals surface area contributed by atoms with Gasteiger partial charge in [-0.1, -0.05) is 6.07 Å². The van der Waals surface area contributed by atoms with E-state index in [4.69, 9.17) is 0 Å². The molecule has 206 valence electrons. The molecule has 3 aromatic rings. The molecule has 1 saturated carbocycles. The number of nitrogens with zero attached hydrogens (tertiary/aromatic N) is 3. The largest absolute Gasteiger partial charge is 0.471 e. The molecule has 2 aliphatic rings. The number of hydrogen-bond donors (Lipinski definition) is 1. The fourth-order valence-corrected chi connectivity index (χ4v) is 5.34. The molecule has 0 atom stereocenters. The van der Waals surface area contributed by atoms with Crippen LogP contribution < -0.4 is 5.32 Å². The number of esters is 1. The van der Waals surface area contributed by atoms with Crippen molar-refractivity contribution in [3.63, 3.8) is 0 Å². The van der Waals surface area contributed by atoms with E-state index in [9.17, 15) is 35.9 Å². The van der Waals surface area contributed by atoms with Gasteiger partial charge in [0.25, 0.3) is 0 Å². The third-order valence-electron chi connectivity index (χ3n) is 6.53. The smallest absolute Gasteiger partial charge is 0.465 e. The summed E-state index contributed by atoms with van der Waals surface area (Å²) in [6, 6.07) is 4.75. The highest BCUT2D eigenvalue weighted by atomic mass is 32.1. The Morgan fingerprint density at radius 2 is 1.85 bits per heavy atom. The Morgan fingerprint density at radius 1 is 1.10 bits per heavy atom. The number of methoxy groups -OCH3 is 1. The number of nitrogens with one attached hydrogen (secondary N) is 1. The van der Waals surface area contributed by atoms with Gasteiger partial charge in [0.05, 0.1) is 23.2 Å². The molecule has 5 rings (SSSR count). The maximum Gasteiger partial charge on any atom is 0.471 e. The lowest BCUT2D eigenvalue weighted by atomic mass is 9.94. The molecular formula is C25H20F6N4O3S. The van der Waals surface area contributed by atoms with Crippen molar-refractivity contribution in [2.24, 2.45) is 0 Å². The Morgan fingerprint density at radius 3 is 2.49 bits per heavy atom. The molecule has 0 radical (unpaired) electrons. The van der Waals surface area contributed by atoms with Crippen LogP contribution in [0, 0.1) is 0 Å². The van der Waals surface area contributed by atoms with Crippen molar-refractivity contribution in [3.8, 4) is 10.6 Å². The first-order valence-electron chi connectivity index (χ1n) is 11.8. The standard InChI is InChI=1S/C25H20F6N4O3S/c1-38-21(36)15-8-19(39-11-15)20-17(24(26,27)28)9-32-23(34-20)33-18-7-13-4-5-35(22(37)25(29,30)31)10-14(13)6-16(18)12-2-3-12/h6-9,11-12H,2-5,10H2,1H3,(H,32,33,34). The molecule has 14 heteroatoms. The average molecular weight is 571 g/mol. The zero-order valence-corrected chi connectivity index (χ0v) is 21.1. The number of rotatable bonds is 5.